The number of aliphatic carboxylic acids is 2. The van der Waals surface area contributed by atoms with Crippen LogP contribution in [-0.4, -0.2) is 51.7 Å². The first kappa shape index (κ1) is 15.6. The van der Waals surface area contributed by atoms with Crippen LogP contribution in [0.1, 0.15) is 44.9 Å². The largest absolute Gasteiger partial charge is 0.481 e. The lowest BCUT2D eigenvalue weighted by molar-refractivity contribution is -0.140. The summed E-state index contributed by atoms with van der Waals surface area (Å²) in [6, 6.07) is -1.09. The molecule has 0 aromatic carbocycles. The fourth-order valence-electron chi connectivity index (χ4n) is 2.31. The smallest absolute Gasteiger partial charge is 0.326 e. The molecule has 2 aliphatic carbocycles. The van der Waals surface area contributed by atoms with E-state index in [1.807, 2.05) is 0 Å². The molecule has 7 nitrogen and oxygen atoms in total. The maximum Gasteiger partial charge on any atom is 0.326 e. The van der Waals surface area contributed by atoms with Gasteiger partial charge in [0.15, 0.2) is 0 Å². The van der Waals surface area contributed by atoms with Gasteiger partial charge in [-0.2, -0.15) is 0 Å². The van der Waals surface area contributed by atoms with Crippen molar-refractivity contribution in [2.75, 3.05) is 6.54 Å². The van der Waals surface area contributed by atoms with Crippen LogP contribution in [0.3, 0.4) is 0 Å². The van der Waals surface area contributed by atoms with Crippen molar-refractivity contribution in [3.63, 3.8) is 0 Å². The number of carbonyl (C=O) groups excluding carboxylic acids is 1. The van der Waals surface area contributed by atoms with Gasteiger partial charge in [-0.15, -0.1) is 0 Å². The van der Waals surface area contributed by atoms with E-state index in [0.717, 1.165) is 25.7 Å². The molecule has 2 rings (SSSR count). The molecule has 118 valence electrons. The molecule has 7 heteroatoms. The number of carboxylic acid groups (broad SMARTS) is 2. The van der Waals surface area contributed by atoms with E-state index in [0.29, 0.717) is 12.5 Å². The van der Waals surface area contributed by atoms with E-state index in [4.69, 9.17) is 10.2 Å². The number of rotatable bonds is 9. The molecule has 0 aromatic heterocycles. The van der Waals surface area contributed by atoms with Crippen molar-refractivity contribution in [1.29, 1.82) is 0 Å². The molecule has 0 saturated heterocycles. The van der Waals surface area contributed by atoms with Gasteiger partial charge in [-0.1, -0.05) is 0 Å². The minimum atomic E-state index is -1.11. The van der Waals surface area contributed by atoms with Crippen LogP contribution in [0.5, 0.6) is 0 Å². The molecule has 0 aliphatic heterocycles. The Bertz CT molecular complexity index is 418. The molecule has 0 radical (unpaired) electrons. The third-order valence-corrected chi connectivity index (χ3v) is 3.88. The van der Waals surface area contributed by atoms with Crippen molar-refractivity contribution >= 4 is 18.0 Å². The third kappa shape index (κ3) is 5.24. The maximum atomic E-state index is 12.2. The van der Waals surface area contributed by atoms with Crippen LogP contribution in [0.4, 0.5) is 4.79 Å². The van der Waals surface area contributed by atoms with Crippen LogP contribution < -0.4 is 5.32 Å². The lowest BCUT2D eigenvalue weighted by Gasteiger charge is -2.25. The van der Waals surface area contributed by atoms with Gasteiger partial charge < -0.3 is 20.4 Å². The van der Waals surface area contributed by atoms with Crippen LogP contribution in [0.2, 0.25) is 0 Å². The molecule has 0 aromatic rings. The van der Waals surface area contributed by atoms with Crippen molar-refractivity contribution in [2.24, 2.45) is 5.92 Å². The average molecular weight is 298 g/mol. The molecule has 0 heterocycles. The van der Waals surface area contributed by atoms with Crippen LogP contribution in [0.15, 0.2) is 0 Å². The predicted octanol–water partition coefficient (Wildman–Crippen LogP) is 1.28. The van der Waals surface area contributed by atoms with Gasteiger partial charge >= 0.3 is 18.0 Å². The Hall–Kier alpha value is -1.79. The maximum absolute atomic E-state index is 12.2. The van der Waals surface area contributed by atoms with Crippen molar-refractivity contribution in [3.05, 3.63) is 0 Å². The van der Waals surface area contributed by atoms with Crippen LogP contribution >= 0.6 is 0 Å². The highest BCUT2D eigenvalue weighted by molar-refractivity contribution is 5.83. The monoisotopic (exact) mass is 298 g/mol. The first-order chi connectivity index (χ1) is 9.97. The lowest BCUT2D eigenvalue weighted by Crippen LogP contribution is -2.49. The van der Waals surface area contributed by atoms with E-state index < -0.39 is 18.0 Å². The predicted molar refractivity (Wildman–Crippen MR) is 73.9 cm³/mol. The van der Waals surface area contributed by atoms with Gasteiger partial charge in [0.2, 0.25) is 0 Å². The summed E-state index contributed by atoms with van der Waals surface area (Å²) < 4.78 is 0. The summed E-state index contributed by atoms with van der Waals surface area (Å²) in [5.41, 5.74) is 0. The standard InChI is InChI=1S/C14H22N2O5/c17-12(18)3-1-2-11(13(19)20)15-14(21)16(10-6-7-10)8-9-4-5-9/h9-11H,1-8H2,(H,15,21)(H,17,18)(H,19,20)/t11-/m1/s1. The SMILES string of the molecule is O=C(O)CCC[C@@H](NC(=O)N(CC1CC1)C1CC1)C(=O)O. The summed E-state index contributed by atoms with van der Waals surface area (Å²) >= 11 is 0. The minimum Gasteiger partial charge on any atom is -0.481 e. The van der Waals surface area contributed by atoms with Gasteiger partial charge in [-0.05, 0) is 44.4 Å². The van der Waals surface area contributed by atoms with Gasteiger partial charge in [0.25, 0.3) is 0 Å². The van der Waals surface area contributed by atoms with Crippen LogP contribution in [0, 0.1) is 5.92 Å². The molecule has 0 unspecified atom stereocenters. The Morgan fingerprint density at radius 1 is 1.14 bits per heavy atom. The minimum absolute atomic E-state index is 0.0892. The van der Waals surface area contributed by atoms with Crippen LogP contribution in [-0.2, 0) is 9.59 Å². The second-order valence-electron chi connectivity index (χ2n) is 5.95. The summed E-state index contributed by atoms with van der Waals surface area (Å²) in [6.07, 6.45) is 4.52. The number of amides is 2. The highest BCUT2D eigenvalue weighted by Gasteiger charge is 2.37. The van der Waals surface area contributed by atoms with E-state index in [1.54, 1.807) is 4.90 Å². The zero-order chi connectivity index (χ0) is 15.4. The van der Waals surface area contributed by atoms with Gasteiger partial charge in [0.05, 0.1) is 0 Å². The first-order valence-electron chi connectivity index (χ1n) is 7.49. The summed E-state index contributed by atoms with van der Waals surface area (Å²) in [5, 5.41) is 20.3. The van der Waals surface area contributed by atoms with Crippen molar-refractivity contribution in [1.82, 2.24) is 10.2 Å². The molecule has 3 N–H and O–H groups in total. The highest BCUT2D eigenvalue weighted by Crippen LogP contribution is 2.34. The Balaban J connectivity index is 1.83. The summed E-state index contributed by atoms with van der Waals surface area (Å²) in [7, 11) is 0. The molecule has 0 bridgehead atoms. The van der Waals surface area contributed by atoms with E-state index >= 15 is 0 Å². The van der Waals surface area contributed by atoms with E-state index in [2.05, 4.69) is 5.32 Å². The molecule has 0 spiro atoms. The Kier molecular flexibility index (Phi) is 5.03. The quantitative estimate of drug-likeness (QED) is 0.594. The summed E-state index contributed by atoms with van der Waals surface area (Å²) in [5.74, 6) is -1.51. The Morgan fingerprint density at radius 2 is 1.81 bits per heavy atom. The first-order valence-corrected chi connectivity index (χ1v) is 7.49. The van der Waals surface area contributed by atoms with Gasteiger partial charge in [-0.25, -0.2) is 9.59 Å². The molecular weight excluding hydrogens is 276 g/mol. The second-order valence-corrected chi connectivity index (χ2v) is 5.95. The van der Waals surface area contributed by atoms with Gasteiger partial charge in [0.1, 0.15) is 6.04 Å². The zero-order valence-corrected chi connectivity index (χ0v) is 12.0. The fourth-order valence-corrected chi connectivity index (χ4v) is 2.31. The van der Waals surface area contributed by atoms with Gasteiger partial charge in [0, 0.05) is 19.0 Å². The highest BCUT2D eigenvalue weighted by atomic mass is 16.4. The molecule has 2 fully saturated rings. The van der Waals surface area contributed by atoms with Crippen molar-refractivity contribution in [3.8, 4) is 0 Å². The fraction of sp³-hybridized carbons (Fsp3) is 0.786. The number of nitrogens with one attached hydrogen (secondary N) is 1. The number of urea groups is 1. The molecule has 2 saturated carbocycles. The summed E-state index contributed by atoms with van der Waals surface area (Å²) in [4.78, 5) is 35.6. The second kappa shape index (κ2) is 6.78. The number of carbonyl (C=O) groups is 3. The van der Waals surface area contributed by atoms with E-state index in [-0.39, 0.29) is 31.3 Å². The number of hydrogen-bond donors (Lipinski definition) is 3. The van der Waals surface area contributed by atoms with E-state index in [1.165, 1.54) is 0 Å². The van der Waals surface area contributed by atoms with E-state index in [9.17, 15) is 14.4 Å². The number of nitrogens with zero attached hydrogens (tertiary/aromatic N) is 1. The van der Waals surface area contributed by atoms with Crippen molar-refractivity contribution in [2.45, 2.75) is 57.0 Å². The Morgan fingerprint density at radius 3 is 2.29 bits per heavy atom. The summed E-state index contributed by atoms with van der Waals surface area (Å²) in [6.45, 7) is 0.706. The third-order valence-electron chi connectivity index (χ3n) is 3.88. The topological polar surface area (TPSA) is 107 Å². The molecule has 2 aliphatic rings. The number of carboxylic acids is 2. The van der Waals surface area contributed by atoms with Crippen LogP contribution in [0.25, 0.3) is 0 Å². The number of hydrogen-bond acceptors (Lipinski definition) is 3. The average Bonchev–Trinajstić information content (AvgIpc) is 3.25. The molecule has 21 heavy (non-hydrogen) atoms. The lowest BCUT2D eigenvalue weighted by atomic mass is 10.1. The van der Waals surface area contributed by atoms with Crippen molar-refractivity contribution < 1.29 is 24.6 Å². The van der Waals surface area contributed by atoms with Gasteiger partial charge in [-0.3, -0.25) is 4.79 Å². The zero-order valence-electron chi connectivity index (χ0n) is 12.0. The molecular formula is C14H22N2O5. The normalized spacial score (nSPS) is 18.9. The molecule has 1 atom stereocenters. The molecule has 2 amide bonds. The Labute approximate surface area is 123 Å².